The minimum Gasteiger partial charge on any atom is -0.494 e. The summed E-state index contributed by atoms with van der Waals surface area (Å²) >= 11 is 0. The summed E-state index contributed by atoms with van der Waals surface area (Å²) in [6, 6.07) is 10.6. The highest BCUT2D eigenvalue weighted by Crippen LogP contribution is 2.21. The van der Waals surface area contributed by atoms with Gasteiger partial charge in [-0.1, -0.05) is 50.7 Å². The Morgan fingerprint density at radius 1 is 1.15 bits per heavy atom. The van der Waals surface area contributed by atoms with Crippen molar-refractivity contribution in [2.24, 2.45) is 0 Å². The molecule has 0 aliphatic heterocycles. The van der Waals surface area contributed by atoms with Crippen LogP contribution in [0.5, 0.6) is 5.75 Å². The Morgan fingerprint density at radius 3 is 2.30 bits per heavy atom. The lowest BCUT2D eigenvalue weighted by Crippen LogP contribution is -2.53. The van der Waals surface area contributed by atoms with Crippen LogP contribution in [0.4, 0.5) is 0 Å². The molecule has 0 spiro atoms. The standard InChI is InChI=1S/C21H37NO4Si/c1-5-14-27(3,4)15-6-13-26-20-9-7-19(8-10-20)11-12-21(16-23,17-24)22-18(2)25/h7-10,23-24H,5-6,11-17H2,1-4H3,(H,22,25). The van der Waals surface area contributed by atoms with Gasteiger partial charge in [-0.2, -0.15) is 0 Å². The van der Waals surface area contributed by atoms with Crippen LogP contribution in [-0.4, -0.2) is 49.6 Å². The van der Waals surface area contributed by atoms with Crippen molar-refractivity contribution in [3.05, 3.63) is 29.8 Å². The van der Waals surface area contributed by atoms with Crippen molar-refractivity contribution in [2.75, 3.05) is 19.8 Å². The fraction of sp³-hybridized carbons (Fsp3) is 0.667. The number of nitrogens with one attached hydrogen (secondary N) is 1. The SMILES string of the molecule is CCC[Si](C)(C)CCCOc1ccc(CCC(CO)(CO)NC(C)=O)cc1. The number of rotatable bonds is 13. The first-order valence-electron chi connectivity index (χ1n) is 9.98. The Bertz CT molecular complexity index is 556. The summed E-state index contributed by atoms with van der Waals surface area (Å²) in [6.45, 7) is 8.71. The second kappa shape index (κ2) is 11.5. The van der Waals surface area contributed by atoms with Crippen molar-refractivity contribution in [3.63, 3.8) is 0 Å². The summed E-state index contributed by atoms with van der Waals surface area (Å²) in [6.07, 6.45) is 3.50. The first kappa shape index (κ1) is 23.7. The molecule has 0 saturated heterocycles. The molecule has 3 N–H and O–H groups in total. The summed E-state index contributed by atoms with van der Waals surface area (Å²) in [5.41, 5.74) is 0.103. The molecule has 1 rings (SSSR count). The van der Waals surface area contributed by atoms with E-state index in [1.165, 1.54) is 25.4 Å². The molecule has 0 fully saturated rings. The second-order valence-corrected chi connectivity index (χ2v) is 13.6. The van der Waals surface area contributed by atoms with Gasteiger partial charge in [0.1, 0.15) is 5.75 Å². The van der Waals surface area contributed by atoms with Crippen LogP contribution in [0.2, 0.25) is 25.2 Å². The quantitative estimate of drug-likeness (QED) is 0.353. The van der Waals surface area contributed by atoms with Crippen molar-refractivity contribution in [3.8, 4) is 5.75 Å². The fourth-order valence-corrected chi connectivity index (χ4v) is 6.11. The van der Waals surface area contributed by atoms with Crippen LogP contribution in [0.3, 0.4) is 0 Å². The van der Waals surface area contributed by atoms with Crippen LogP contribution in [0.15, 0.2) is 24.3 Å². The molecule has 0 unspecified atom stereocenters. The van der Waals surface area contributed by atoms with Gasteiger partial charge >= 0.3 is 0 Å². The van der Waals surface area contributed by atoms with Crippen molar-refractivity contribution in [2.45, 2.75) is 70.3 Å². The number of carbonyl (C=O) groups is 1. The zero-order valence-corrected chi connectivity index (χ0v) is 18.4. The second-order valence-electron chi connectivity index (χ2n) is 8.29. The predicted octanol–water partition coefficient (Wildman–Crippen LogP) is 3.37. The Morgan fingerprint density at radius 2 is 1.78 bits per heavy atom. The van der Waals surface area contributed by atoms with Crippen molar-refractivity contribution < 1.29 is 19.7 Å². The predicted molar refractivity (Wildman–Crippen MR) is 113 cm³/mol. The Labute approximate surface area is 165 Å². The average Bonchev–Trinajstić information content (AvgIpc) is 2.63. The molecule has 0 radical (unpaired) electrons. The number of hydrogen-bond acceptors (Lipinski definition) is 4. The van der Waals surface area contributed by atoms with E-state index in [0.717, 1.165) is 24.3 Å². The van der Waals surface area contributed by atoms with E-state index in [9.17, 15) is 15.0 Å². The van der Waals surface area contributed by atoms with Crippen LogP contribution in [0.1, 0.15) is 38.7 Å². The number of benzene rings is 1. The zero-order chi connectivity index (χ0) is 20.3. The molecule has 1 amide bonds. The number of aryl methyl sites for hydroxylation is 1. The highest BCUT2D eigenvalue weighted by atomic mass is 28.3. The van der Waals surface area contributed by atoms with E-state index in [4.69, 9.17) is 4.74 Å². The van der Waals surface area contributed by atoms with Gasteiger partial charge in [0.2, 0.25) is 5.91 Å². The molecule has 154 valence electrons. The third-order valence-electron chi connectivity index (χ3n) is 5.06. The molecule has 0 saturated carbocycles. The Hall–Kier alpha value is -1.37. The maximum atomic E-state index is 11.3. The molecule has 6 heteroatoms. The van der Waals surface area contributed by atoms with Gasteiger partial charge in [-0.25, -0.2) is 0 Å². The van der Waals surface area contributed by atoms with E-state index in [-0.39, 0.29) is 19.1 Å². The zero-order valence-electron chi connectivity index (χ0n) is 17.4. The lowest BCUT2D eigenvalue weighted by atomic mass is 9.92. The van der Waals surface area contributed by atoms with E-state index in [1.807, 2.05) is 24.3 Å². The summed E-state index contributed by atoms with van der Waals surface area (Å²) in [5.74, 6) is 0.609. The van der Waals surface area contributed by atoms with Gasteiger partial charge in [0.25, 0.3) is 0 Å². The topological polar surface area (TPSA) is 78.8 Å². The van der Waals surface area contributed by atoms with Gasteiger partial charge in [0, 0.05) is 15.0 Å². The van der Waals surface area contributed by atoms with Gasteiger partial charge in [-0.15, -0.1) is 0 Å². The van der Waals surface area contributed by atoms with E-state index in [1.54, 1.807) is 0 Å². The fourth-order valence-electron chi connectivity index (χ4n) is 3.40. The maximum absolute atomic E-state index is 11.3. The van der Waals surface area contributed by atoms with Gasteiger partial charge in [0.15, 0.2) is 0 Å². The molecule has 5 nitrogen and oxygen atoms in total. The third kappa shape index (κ3) is 8.91. The van der Waals surface area contributed by atoms with Gasteiger partial charge in [-0.05, 0) is 37.0 Å². The monoisotopic (exact) mass is 395 g/mol. The number of ether oxygens (including phenoxy) is 1. The molecule has 0 atom stereocenters. The summed E-state index contributed by atoms with van der Waals surface area (Å²) in [5, 5.41) is 21.8. The number of aliphatic hydroxyl groups excluding tert-OH is 2. The number of carbonyl (C=O) groups excluding carboxylic acids is 1. The number of aliphatic hydroxyl groups is 2. The largest absolute Gasteiger partial charge is 0.494 e. The molecule has 27 heavy (non-hydrogen) atoms. The summed E-state index contributed by atoms with van der Waals surface area (Å²) in [4.78, 5) is 11.3. The molecular weight excluding hydrogens is 358 g/mol. The minimum absolute atomic E-state index is 0.257. The minimum atomic E-state index is -1.05. The first-order chi connectivity index (χ1) is 12.8. The van der Waals surface area contributed by atoms with Crippen LogP contribution in [-0.2, 0) is 11.2 Å². The average molecular weight is 396 g/mol. The van der Waals surface area contributed by atoms with Crippen LogP contribution < -0.4 is 10.1 Å². The third-order valence-corrected chi connectivity index (χ3v) is 8.62. The van der Waals surface area contributed by atoms with Crippen LogP contribution >= 0.6 is 0 Å². The maximum Gasteiger partial charge on any atom is 0.217 e. The highest BCUT2D eigenvalue weighted by molar-refractivity contribution is 6.77. The summed E-state index contributed by atoms with van der Waals surface area (Å²) < 4.78 is 5.86. The molecule has 1 aromatic carbocycles. The van der Waals surface area contributed by atoms with Gasteiger partial charge < -0.3 is 20.3 Å². The number of amides is 1. The molecular formula is C21H37NO4Si. The Kier molecular flexibility index (Phi) is 10.0. The van der Waals surface area contributed by atoms with E-state index in [2.05, 4.69) is 25.3 Å². The van der Waals surface area contributed by atoms with Crippen molar-refractivity contribution >= 4 is 14.0 Å². The van der Waals surface area contributed by atoms with Gasteiger partial charge in [0.05, 0.1) is 25.4 Å². The van der Waals surface area contributed by atoms with E-state index in [0.29, 0.717) is 12.8 Å². The highest BCUT2D eigenvalue weighted by Gasteiger charge is 2.29. The molecule has 0 aromatic heterocycles. The van der Waals surface area contributed by atoms with Crippen LogP contribution in [0.25, 0.3) is 0 Å². The summed E-state index contributed by atoms with van der Waals surface area (Å²) in [7, 11) is -1.05. The molecule has 0 aliphatic carbocycles. The van der Waals surface area contributed by atoms with E-state index < -0.39 is 13.6 Å². The normalized spacial score (nSPS) is 12.1. The molecule has 0 heterocycles. The van der Waals surface area contributed by atoms with Gasteiger partial charge in [-0.3, -0.25) is 4.79 Å². The smallest absolute Gasteiger partial charge is 0.217 e. The van der Waals surface area contributed by atoms with Crippen molar-refractivity contribution in [1.82, 2.24) is 5.32 Å². The molecule has 1 aromatic rings. The number of hydrogen-bond donors (Lipinski definition) is 3. The first-order valence-corrected chi connectivity index (χ1v) is 13.4. The molecule has 0 aliphatic rings. The van der Waals surface area contributed by atoms with E-state index >= 15 is 0 Å². The molecule has 0 bridgehead atoms. The van der Waals surface area contributed by atoms with Crippen LogP contribution in [0, 0.1) is 0 Å². The van der Waals surface area contributed by atoms with Crippen molar-refractivity contribution in [1.29, 1.82) is 0 Å². The lowest BCUT2D eigenvalue weighted by molar-refractivity contribution is -0.122. The Balaban J connectivity index is 2.46. The lowest BCUT2D eigenvalue weighted by Gasteiger charge is -2.30.